The number of fused-ring (bicyclic) bond motifs is 1. The van der Waals surface area contributed by atoms with E-state index in [-0.39, 0.29) is 18.0 Å². The summed E-state index contributed by atoms with van der Waals surface area (Å²) in [6.45, 7) is 1.80. The minimum Gasteiger partial charge on any atom is -0.323 e. The molecule has 1 amide bonds. The number of amides is 1. The number of anilines is 1. The predicted octanol–water partition coefficient (Wildman–Crippen LogP) is 3.25. The Morgan fingerprint density at radius 2 is 1.88 bits per heavy atom. The SMILES string of the molecule is CCc1nc2ccccc2c(=O)n1CC(=O)Nc1ccccc1Cl. The van der Waals surface area contributed by atoms with Crippen molar-refractivity contribution >= 4 is 34.1 Å². The highest BCUT2D eigenvalue weighted by atomic mass is 35.5. The van der Waals surface area contributed by atoms with Gasteiger partial charge in [-0.1, -0.05) is 42.8 Å². The third kappa shape index (κ3) is 3.16. The van der Waals surface area contributed by atoms with E-state index >= 15 is 0 Å². The lowest BCUT2D eigenvalue weighted by molar-refractivity contribution is -0.116. The fourth-order valence-corrected chi connectivity index (χ4v) is 2.73. The van der Waals surface area contributed by atoms with Crippen molar-refractivity contribution in [2.24, 2.45) is 0 Å². The first-order chi connectivity index (χ1) is 11.6. The van der Waals surface area contributed by atoms with Crippen molar-refractivity contribution in [3.63, 3.8) is 0 Å². The number of para-hydroxylation sites is 2. The molecule has 0 radical (unpaired) electrons. The van der Waals surface area contributed by atoms with Crippen LogP contribution in [0.15, 0.2) is 53.3 Å². The Morgan fingerprint density at radius 3 is 2.62 bits per heavy atom. The Bertz CT molecular complexity index is 966. The third-order valence-electron chi connectivity index (χ3n) is 3.71. The van der Waals surface area contributed by atoms with E-state index in [4.69, 9.17) is 11.6 Å². The van der Waals surface area contributed by atoms with E-state index in [9.17, 15) is 9.59 Å². The van der Waals surface area contributed by atoms with Crippen molar-refractivity contribution in [1.82, 2.24) is 9.55 Å². The van der Waals surface area contributed by atoms with Gasteiger partial charge < -0.3 is 5.32 Å². The Labute approximate surface area is 143 Å². The number of hydrogen-bond acceptors (Lipinski definition) is 3. The Morgan fingerprint density at radius 1 is 1.17 bits per heavy atom. The molecule has 0 spiro atoms. The maximum absolute atomic E-state index is 12.7. The van der Waals surface area contributed by atoms with Crippen LogP contribution in [0.1, 0.15) is 12.7 Å². The summed E-state index contributed by atoms with van der Waals surface area (Å²) in [5.41, 5.74) is 0.942. The highest BCUT2D eigenvalue weighted by Gasteiger charge is 2.13. The van der Waals surface area contributed by atoms with Gasteiger partial charge in [-0.15, -0.1) is 0 Å². The molecule has 6 heteroatoms. The summed E-state index contributed by atoms with van der Waals surface area (Å²) in [5.74, 6) is 0.255. The number of aromatic nitrogens is 2. The summed E-state index contributed by atoms with van der Waals surface area (Å²) in [5, 5.41) is 3.68. The van der Waals surface area contributed by atoms with Crippen LogP contribution in [0.5, 0.6) is 0 Å². The topological polar surface area (TPSA) is 64.0 Å². The number of nitrogens with one attached hydrogen (secondary N) is 1. The van der Waals surface area contributed by atoms with Gasteiger partial charge in [-0.05, 0) is 24.3 Å². The minimum absolute atomic E-state index is 0.106. The lowest BCUT2D eigenvalue weighted by atomic mass is 10.2. The minimum atomic E-state index is -0.322. The number of rotatable bonds is 4. The zero-order chi connectivity index (χ0) is 17.1. The van der Waals surface area contributed by atoms with Gasteiger partial charge in [0.05, 0.1) is 21.6 Å². The molecule has 0 aliphatic heterocycles. The lowest BCUT2D eigenvalue weighted by Gasteiger charge is -2.13. The molecule has 2 aromatic carbocycles. The number of halogens is 1. The van der Waals surface area contributed by atoms with Crippen molar-refractivity contribution in [2.45, 2.75) is 19.9 Å². The van der Waals surface area contributed by atoms with E-state index in [1.165, 1.54) is 4.57 Å². The lowest BCUT2D eigenvalue weighted by Crippen LogP contribution is -2.31. The quantitative estimate of drug-likeness (QED) is 0.792. The van der Waals surface area contributed by atoms with Gasteiger partial charge in [0.15, 0.2) is 0 Å². The zero-order valence-corrected chi connectivity index (χ0v) is 13.9. The maximum atomic E-state index is 12.7. The molecule has 0 unspecified atom stereocenters. The van der Waals surface area contributed by atoms with Gasteiger partial charge in [0, 0.05) is 6.42 Å². The van der Waals surface area contributed by atoms with E-state index in [1.807, 2.05) is 13.0 Å². The predicted molar refractivity (Wildman–Crippen MR) is 95.5 cm³/mol. The van der Waals surface area contributed by atoms with E-state index in [0.29, 0.717) is 33.9 Å². The molecule has 3 aromatic rings. The number of carbonyl (C=O) groups excluding carboxylic acids is 1. The molecule has 0 aliphatic rings. The molecule has 0 aliphatic carbocycles. The van der Waals surface area contributed by atoms with Gasteiger partial charge in [-0.2, -0.15) is 0 Å². The van der Waals surface area contributed by atoms with Crippen LogP contribution in [0, 0.1) is 0 Å². The third-order valence-corrected chi connectivity index (χ3v) is 4.04. The second-order valence-corrected chi connectivity index (χ2v) is 5.73. The standard InChI is InChI=1S/C18H16ClN3O2/c1-2-16-20-14-9-5-3-7-12(14)18(24)22(16)11-17(23)21-15-10-6-4-8-13(15)19/h3-10H,2,11H2,1H3,(H,21,23). The van der Waals surface area contributed by atoms with Crippen LogP contribution in [0.25, 0.3) is 10.9 Å². The van der Waals surface area contributed by atoms with Crippen LogP contribution < -0.4 is 10.9 Å². The summed E-state index contributed by atoms with van der Waals surface area (Å²) >= 11 is 6.04. The summed E-state index contributed by atoms with van der Waals surface area (Å²) in [6, 6.07) is 14.1. The Hall–Kier alpha value is -2.66. The van der Waals surface area contributed by atoms with Gasteiger partial charge in [-0.3, -0.25) is 14.2 Å². The van der Waals surface area contributed by atoms with Crippen LogP contribution in [0.4, 0.5) is 5.69 Å². The van der Waals surface area contributed by atoms with Crippen molar-refractivity contribution in [3.8, 4) is 0 Å². The fourth-order valence-electron chi connectivity index (χ4n) is 2.54. The monoisotopic (exact) mass is 341 g/mol. The number of nitrogens with zero attached hydrogens (tertiary/aromatic N) is 2. The van der Waals surface area contributed by atoms with Crippen molar-refractivity contribution in [2.75, 3.05) is 5.32 Å². The van der Waals surface area contributed by atoms with Crippen LogP contribution in [0.2, 0.25) is 5.02 Å². The first-order valence-corrected chi connectivity index (χ1v) is 8.00. The summed E-state index contributed by atoms with van der Waals surface area (Å²) < 4.78 is 1.41. The summed E-state index contributed by atoms with van der Waals surface area (Å²) in [7, 11) is 0. The number of hydrogen-bond donors (Lipinski definition) is 1. The Balaban J connectivity index is 1.94. The second kappa shape index (κ2) is 6.84. The summed E-state index contributed by atoms with van der Waals surface area (Å²) in [4.78, 5) is 29.5. The first kappa shape index (κ1) is 16.2. The van der Waals surface area contributed by atoms with Gasteiger partial charge in [0.2, 0.25) is 5.91 Å². The Kier molecular flexibility index (Phi) is 4.62. The van der Waals surface area contributed by atoms with Crippen LogP contribution in [-0.4, -0.2) is 15.5 Å². The van der Waals surface area contributed by atoms with E-state index in [0.717, 1.165) is 0 Å². The number of carbonyl (C=O) groups is 1. The molecule has 1 aromatic heterocycles. The molecule has 0 saturated carbocycles. The maximum Gasteiger partial charge on any atom is 0.261 e. The molecule has 5 nitrogen and oxygen atoms in total. The van der Waals surface area contributed by atoms with Gasteiger partial charge >= 0.3 is 0 Å². The van der Waals surface area contributed by atoms with Crippen molar-refractivity contribution in [1.29, 1.82) is 0 Å². The van der Waals surface area contributed by atoms with Crippen LogP contribution in [-0.2, 0) is 17.8 Å². The summed E-state index contributed by atoms with van der Waals surface area (Å²) in [6.07, 6.45) is 0.555. The average Bonchev–Trinajstić information content (AvgIpc) is 2.59. The van der Waals surface area contributed by atoms with Crippen LogP contribution >= 0.6 is 11.6 Å². The zero-order valence-electron chi connectivity index (χ0n) is 13.1. The van der Waals surface area contributed by atoms with Crippen molar-refractivity contribution < 1.29 is 4.79 Å². The van der Waals surface area contributed by atoms with E-state index in [1.54, 1.807) is 42.5 Å². The van der Waals surface area contributed by atoms with E-state index < -0.39 is 0 Å². The number of aryl methyl sites for hydroxylation is 1. The van der Waals surface area contributed by atoms with E-state index in [2.05, 4.69) is 10.3 Å². The molecule has 0 fully saturated rings. The fraction of sp³-hybridized carbons (Fsp3) is 0.167. The largest absolute Gasteiger partial charge is 0.323 e. The van der Waals surface area contributed by atoms with Gasteiger partial charge in [0.25, 0.3) is 5.56 Å². The van der Waals surface area contributed by atoms with Gasteiger partial charge in [0.1, 0.15) is 12.4 Å². The molecule has 24 heavy (non-hydrogen) atoms. The highest BCUT2D eigenvalue weighted by Crippen LogP contribution is 2.20. The molecular weight excluding hydrogens is 326 g/mol. The number of benzene rings is 2. The molecular formula is C18H16ClN3O2. The molecule has 0 atom stereocenters. The molecule has 0 bridgehead atoms. The second-order valence-electron chi connectivity index (χ2n) is 5.32. The first-order valence-electron chi connectivity index (χ1n) is 7.63. The molecule has 1 heterocycles. The molecule has 122 valence electrons. The van der Waals surface area contributed by atoms with Crippen molar-refractivity contribution in [3.05, 3.63) is 69.7 Å². The molecule has 0 saturated heterocycles. The van der Waals surface area contributed by atoms with Crippen LogP contribution in [0.3, 0.4) is 0 Å². The molecule has 1 N–H and O–H groups in total. The smallest absolute Gasteiger partial charge is 0.261 e. The molecule has 3 rings (SSSR count). The average molecular weight is 342 g/mol. The normalized spacial score (nSPS) is 10.8. The highest BCUT2D eigenvalue weighted by molar-refractivity contribution is 6.33. The van der Waals surface area contributed by atoms with Gasteiger partial charge in [-0.25, -0.2) is 4.98 Å².